The molecule has 0 amide bonds. The van der Waals surface area contributed by atoms with E-state index in [1.165, 1.54) is 72.0 Å². The molecule has 1 N–H and O–H groups in total. The number of aryl methyl sites for hydroxylation is 1. The average molecular weight is 586 g/mol. The van der Waals surface area contributed by atoms with E-state index >= 15 is 0 Å². The Morgan fingerprint density at radius 1 is 0.933 bits per heavy atom. The minimum absolute atomic E-state index is 0.156. The molecular formula is C44H43N. The van der Waals surface area contributed by atoms with Crippen molar-refractivity contribution in [3.05, 3.63) is 154 Å². The van der Waals surface area contributed by atoms with Gasteiger partial charge in [0.05, 0.1) is 0 Å². The first kappa shape index (κ1) is 28.3. The van der Waals surface area contributed by atoms with Gasteiger partial charge in [-0.3, -0.25) is 0 Å². The van der Waals surface area contributed by atoms with E-state index < -0.39 is 0 Å². The van der Waals surface area contributed by atoms with Crippen LogP contribution in [0.25, 0.3) is 33.0 Å². The molecule has 1 heteroatoms. The highest BCUT2D eigenvalue weighted by Gasteiger charge is 2.46. The standard InChI is InChI=1S/C44H43N/c1-8-10-11-13-25(3)28-17-19-31-35(24-28)44(6,7)43-32-18-14-26(4)33-22-29-15-16-30-23-34(29)40(37-21-20-36(30)45-37)42(39(32)33)38(41(31)43)27(5)12-9-2/h8-21,24,30,36-37,40,45H,1-2,22-23H2,3-7H3/b11-10-,25-13+,27-12-/t30?,36?,37?,40-/m0/s1. The minimum Gasteiger partial charge on any atom is -0.303 e. The molecule has 1 saturated heterocycles. The van der Waals surface area contributed by atoms with E-state index in [2.05, 4.69) is 126 Å². The van der Waals surface area contributed by atoms with Gasteiger partial charge in [-0.25, -0.2) is 0 Å². The third kappa shape index (κ3) is 3.96. The number of nitrogens with one attached hydrogen (secondary N) is 1. The largest absolute Gasteiger partial charge is 0.303 e. The molecule has 0 saturated carbocycles. The Hall–Kier alpha value is -4.20. The molecule has 8 rings (SSSR count). The second-order valence-corrected chi connectivity index (χ2v) is 14.3. The number of hydrogen-bond donors (Lipinski definition) is 1. The van der Waals surface area contributed by atoms with Crippen LogP contribution < -0.4 is 5.32 Å². The Morgan fingerprint density at radius 2 is 1.76 bits per heavy atom. The molecule has 3 unspecified atom stereocenters. The molecule has 4 bridgehead atoms. The van der Waals surface area contributed by atoms with Gasteiger partial charge in [-0.05, 0) is 123 Å². The van der Waals surface area contributed by atoms with E-state index in [4.69, 9.17) is 0 Å². The molecule has 3 aromatic carbocycles. The quantitative estimate of drug-likeness (QED) is 0.232. The fourth-order valence-corrected chi connectivity index (χ4v) is 9.30. The maximum atomic E-state index is 4.17. The van der Waals surface area contributed by atoms with Crippen LogP contribution in [0.3, 0.4) is 0 Å². The topological polar surface area (TPSA) is 12.0 Å². The van der Waals surface area contributed by atoms with Crippen LogP contribution in [0, 0.1) is 12.8 Å². The van der Waals surface area contributed by atoms with Crippen molar-refractivity contribution in [2.45, 2.75) is 70.9 Å². The van der Waals surface area contributed by atoms with Gasteiger partial charge in [0, 0.05) is 23.4 Å². The first-order valence-corrected chi connectivity index (χ1v) is 16.6. The lowest BCUT2D eigenvalue weighted by Crippen LogP contribution is -2.35. The lowest BCUT2D eigenvalue weighted by Gasteiger charge is -2.32. The summed E-state index contributed by atoms with van der Waals surface area (Å²) in [6.45, 7) is 19.7. The number of allylic oxidation sites excluding steroid dienone is 10. The van der Waals surface area contributed by atoms with Gasteiger partial charge in [-0.2, -0.15) is 0 Å². The highest BCUT2D eigenvalue weighted by Crippen LogP contribution is 2.59. The Balaban J connectivity index is 1.51. The van der Waals surface area contributed by atoms with Crippen LogP contribution in [0.5, 0.6) is 0 Å². The Labute approximate surface area is 268 Å². The van der Waals surface area contributed by atoms with Gasteiger partial charge in [0.15, 0.2) is 0 Å². The fraction of sp³-hybridized carbons (Fsp3) is 0.273. The Morgan fingerprint density at radius 3 is 2.56 bits per heavy atom. The van der Waals surface area contributed by atoms with Gasteiger partial charge in [0.25, 0.3) is 0 Å². The smallest absolute Gasteiger partial charge is 0.0363 e. The molecule has 0 radical (unpaired) electrons. The molecule has 1 nitrogen and oxygen atoms in total. The van der Waals surface area contributed by atoms with Crippen LogP contribution >= 0.6 is 0 Å². The molecule has 2 heterocycles. The van der Waals surface area contributed by atoms with Crippen LogP contribution in [-0.2, 0) is 11.8 Å². The third-order valence-corrected chi connectivity index (χ3v) is 11.5. The number of fused-ring (bicyclic) bond motifs is 10. The van der Waals surface area contributed by atoms with Gasteiger partial charge in [-0.1, -0.05) is 118 Å². The molecule has 2 aliphatic heterocycles. The minimum atomic E-state index is -0.156. The van der Waals surface area contributed by atoms with Crippen molar-refractivity contribution < 1.29 is 0 Å². The van der Waals surface area contributed by atoms with Crippen LogP contribution in [0.15, 0.2) is 115 Å². The Bertz CT molecular complexity index is 2030. The molecule has 0 aromatic heterocycles. The first-order chi connectivity index (χ1) is 21.7. The number of rotatable bonds is 5. The van der Waals surface area contributed by atoms with Gasteiger partial charge >= 0.3 is 0 Å². The van der Waals surface area contributed by atoms with Crippen molar-refractivity contribution in [2.75, 3.05) is 0 Å². The third-order valence-electron chi connectivity index (χ3n) is 11.5. The summed E-state index contributed by atoms with van der Waals surface area (Å²) in [4.78, 5) is 0. The predicted molar refractivity (Wildman–Crippen MR) is 194 cm³/mol. The lowest BCUT2D eigenvalue weighted by atomic mass is 9.71. The first-order valence-electron chi connectivity index (χ1n) is 16.6. The van der Waals surface area contributed by atoms with Crippen LogP contribution in [0.2, 0.25) is 0 Å². The van der Waals surface area contributed by atoms with Gasteiger partial charge < -0.3 is 5.32 Å². The maximum absolute atomic E-state index is 4.17. The van der Waals surface area contributed by atoms with E-state index in [-0.39, 0.29) is 5.41 Å². The molecule has 4 atom stereocenters. The highest BCUT2D eigenvalue weighted by atomic mass is 15.0. The second kappa shape index (κ2) is 10.2. The monoisotopic (exact) mass is 585 g/mol. The molecule has 3 aliphatic carbocycles. The highest BCUT2D eigenvalue weighted by molar-refractivity contribution is 6.08. The van der Waals surface area contributed by atoms with Gasteiger partial charge in [0.1, 0.15) is 0 Å². The number of hydrogen-bond acceptors (Lipinski definition) is 1. The summed E-state index contributed by atoms with van der Waals surface area (Å²) in [7, 11) is 0. The molecule has 0 spiro atoms. The summed E-state index contributed by atoms with van der Waals surface area (Å²) in [5, 5.41) is 7.01. The number of benzene rings is 3. The van der Waals surface area contributed by atoms with E-state index in [1.807, 2.05) is 18.2 Å². The molecule has 1 fully saturated rings. The summed E-state index contributed by atoms with van der Waals surface area (Å²) < 4.78 is 0. The Kier molecular flexibility index (Phi) is 6.39. The fourth-order valence-electron chi connectivity index (χ4n) is 9.30. The van der Waals surface area contributed by atoms with Crippen molar-refractivity contribution >= 4 is 21.9 Å². The van der Waals surface area contributed by atoms with E-state index in [0.29, 0.717) is 23.9 Å². The maximum Gasteiger partial charge on any atom is 0.0363 e. The molecule has 224 valence electrons. The zero-order valence-electron chi connectivity index (χ0n) is 27.3. The lowest BCUT2D eigenvalue weighted by molar-refractivity contribution is 0.493. The average Bonchev–Trinajstić information content (AvgIpc) is 3.51. The summed E-state index contributed by atoms with van der Waals surface area (Å²) in [5.41, 5.74) is 18.4. The zero-order valence-corrected chi connectivity index (χ0v) is 27.3. The van der Waals surface area contributed by atoms with Crippen molar-refractivity contribution in [1.82, 2.24) is 5.32 Å². The molecular weight excluding hydrogens is 542 g/mol. The summed E-state index contributed by atoms with van der Waals surface area (Å²) in [5.74, 6) is 0.815. The van der Waals surface area contributed by atoms with Crippen LogP contribution in [0.4, 0.5) is 0 Å². The zero-order chi connectivity index (χ0) is 31.2. The SMILES string of the molecule is C=C/C=C\C=C(/C)c1ccc2c(c1)C(C)(C)c1c-2c(/C(C)=C\C=C)c2c3c(c(C)ccc13)CC1=C3CC(C=C1)C1C=CC(N1)[C@H]32. The molecule has 45 heavy (non-hydrogen) atoms. The summed E-state index contributed by atoms with van der Waals surface area (Å²) >= 11 is 0. The normalized spacial score (nSPS) is 25.4. The summed E-state index contributed by atoms with van der Waals surface area (Å²) in [6, 6.07) is 12.7. The van der Waals surface area contributed by atoms with Crippen LogP contribution in [-0.4, -0.2) is 12.1 Å². The summed E-state index contributed by atoms with van der Waals surface area (Å²) in [6.07, 6.45) is 24.3. The van der Waals surface area contributed by atoms with E-state index in [1.54, 1.807) is 11.1 Å². The van der Waals surface area contributed by atoms with Crippen molar-refractivity contribution in [1.29, 1.82) is 0 Å². The molecule has 5 aliphatic rings. The van der Waals surface area contributed by atoms with Crippen molar-refractivity contribution in [3.63, 3.8) is 0 Å². The van der Waals surface area contributed by atoms with Gasteiger partial charge in [0.2, 0.25) is 0 Å². The second-order valence-electron chi connectivity index (χ2n) is 14.3. The predicted octanol–water partition coefficient (Wildman–Crippen LogP) is 10.6. The van der Waals surface area contributed by atoms with E-state index in [0.717, 1.165) is 12.8 Å². The molecule has 3 aromatic rings. The van der Waals surface area contributed by atoms with Crippen molar-refractivity contribution in [3.8, 4) is 11.1 Å². The van der Waals surface area contributed by atoms with E-state index in [9.17, 15) is 0 Å². The van der Waals surface area contributed by atoms with Gasteiger partial charge in [-0.15, -0.1) is 0 Å². The van der Waals surface area contributed by atoms with Crippen molar-refractivity contribution in [2.24, 2.45) is 5.92 Å². The van der Waals surface area contributed by atoms with Crippen LogP contribution in [0.1, 0.15) is 79.0 Å².